The molecule has 0 aliphatic heterocycles. The Kier molecular flexibility index (Phi) is 7.13. The summed E-state index contributed by atoms with van der Waals surface area (Å²) >= 11 is 0. The number of carbonyl (C=O) groups excluding carboxylic acids is 1. The average Bonchev–Trinajstić information content (AvgIpc) is 2.44. The number of rotatable bonds is 9. The predicted molar refractivity (Wildman–Crippen MR) is 85.9 cm³/mol. The van der Waals surface area contributed by atoms with Crippen molar-refractivity contribution in [3.05, 3.63) is 30.3 Å². The fourth-order valence-corrected chi connectivity index (χ4v) is 2.08. The van der Waals surface area contributed by atoms with Gasteiger partial charge in [-0.1, -0.05) is 58.2 Å². The van der Waals surface area contributed by atoms with Crippen molar-refractivity contribution in [2.45, 2.75) is 46.5 Å². The van der Waals surface area contributed by atoms with Crippen LogP contribution in [0.25, 0.3) is 0 Å². The van der Waals surface area contributed by atoms with Gasteiger partial charge in [-0.3, -0.25) is 4.79 Å². The van der Waals surface area contributed by atoms with Gasteiger partial charge in [0.25, 0.3) is 0 Å². The molecule has 0 aliphatic rings. The lowest BCUT2D eigenvalue weighted by molar-refractivity contribution is -0.119. The number of unbranched alkanes of at least 4 members (excludes halogenated alkanes) is 2. The molecule has 0 saturated heterocycles. The van der Waals surface area contributed by atoms with Crippen LogP contribution in [0, 0.1) is 5.41 Å². The Morgan fingerprint density at radius 1 is 1.15 bits per heavy atom. The van der Waals surface area contributed by atoms with Gasteiger partial charge in [0.05, 0.1) is 6.54 Å². The zero-order valence-electron chi connectivity index (χ0n) is 13.0. The minimum absolute atomic E-state index is 0.0532. The van der Waals surface area contributed by atoms with E-state index in [-0.39, 0.29) is 11.3 Å². The third kappa shape index (κ3) is 7.17. The highest BCUT2D eigenvalue weighted by Crippen LogP contribution is 2.22. The van der Waals surface area contributed by atoms with Crippen LogP contribution in [0.2, 0.25) is 0 Å². The Morgan fingerprint density at radius 3 is 2.50 bits per heavy atom. The summed E-state index contributed by atoms with van der Waals surface area (Å²) in [6, 6.07) is 9.79. The molecule has 3 nitrogen and oxygen atoms in total. The maximum absolute atomic E-state index is 11.8. The summed E-state index contributed by atoms with van der Waals surface area (Å²) in [5.74, 6) is 0.0532. The minimum Gasteiger partial charge on any atom is -0.376 e. The van der Waals surface area contributed by atoms with Gasteiger partial charge in [0.1, 0.15) is 0 Å². The van der Waals surface area contributed by atoms with E-state index in [0.717, 1.165) is 18.7 Å². The van der Waals surface area contributed by atoms with Crippen LogP contribution in [0.4, 0.5) is 5.69 Å². The molecule has 20 heavy (non-hydrogen) atoms. The molecule has 1 aromatic rings. The normalized spacial score (nSPS) is 11.2. The topological polar surface area (TPSA) is 41.1 Å². The number of hydrogen-bond donors (Lipinski definition) is 2. The average molecular weight is 276 g/mol. The van der Waals surface area contributed by atoms with E-state index in [0.29, 0.717) is 6.54 Å². The van der Waals surface area contributed by atoms with Crippen LogP contribution in [0.1, 0.15) is 46.5 Å². The summed E-state index contributed by atoms with van der Waals surface area (Å²) in [4.78, 5) is 11.8. The van der Waals surface area contributed by atoms with Crippen molar-refractivity contribution in [3.8, 4) is 0 Å². The summed E-state index contributed by atoms with van der Waals surface area (Å²) in [6.07, 6.45) is 4.91. The van der Waals surface area contributed by atoms with Crippen molar-refractivity contribution >= 4 is 11.6 Å². The van der Waals surface area contributed by atoms with Crippen molar-refractivity contribution in [3.63, 3.8) is 0 Å². The molecule has 1 rings (SSSR count). The molecule has 2 N–H and O–H groups in total. The van der Waals surface area contributed by atoms with Gasteiger partial charge in [0, 0.05) is 12.2 Å². The van der Waals surface area contributed by atoms with Crippen molar-refractivity contribution in [1.29, 1.82) is 0 Å². The minimum atomic E-state index is 0.0532. The number of nitrogens with one attached hydrogen (secondary N) is 2. The summed E-state index contributed by atoms with van der Waals surface area (Å²) in [5.41, 5.74) is 1.15. The maximum atomic E-state index is 11.8. The standard InChI is InChI=1S/C17H28N2O/c1-4-5-9-12-17(2,3)14-19-16(20)13-18-15-10-7-6-8-11-15/h6-8,10-11,18H,4-5,9,12-14H2,1-3H3,(H,19,20). The SMILES string of the molecule is CCCCCC(C)(C)CNC(=O)CNc1ccccc1. The molecule has 112 valence electrons. The van der Waals surface area contributed by atoms with Crippen LogP contribution in [0.15, 0.2) is 30.3 Å². The highest BCUT2D eigenvalue weighted by molar-refractivity contribution is 5.80. The number of hydrogen-bond acceptors (Lipinski definition) is 2. The Balaban J connectivity index is 2.22. The number of anilines is 1. The summed E-state index contributed by atoms with van der Waals surface area (Å²) < 4.78 is 0. The molecule has 0 spiro atoms. The lowest BCUT2D eigenvalue weighted by Gasteiger charge is -2.25. The first kappa shape index (κ1) is 16.5. The van der Waals surface area contributed by atoms with Crippen molar-refractivity contribution < 1.29 is 4.79 Å². The monoisotopic (exact) mass is 276 g/mol. The molecule has 1 amide bonds. The maximum Gasteiger partial charge on any atom is 0.239 e. The lowest BCUT2D eigenvalue weighted by atomic mass is 9.87. The number of para-hydroxylation sites is 1. The molecule has 3 heteroatoms. The second-order valence-corrected chi connectivity index (χ2v) is 6.12. The van der Waals surface area contributed by atoms with Crippen molar-refractivity contribution in [2.24, 2.45) is 5.41 Å². The molecule has 0 aliphatic carbocycles. The van der Waals surface area contributed by atoms with E-state index in [4.69, 9.17) is 0 Å². The molecule has 0 saturated carbocycles. The van der Waals surface area contributed by atoms with E-state index < -0.39 is 0 Å². The highest BCUT2D eigenvalue weighted by Gasteiger charge is 2.18. The van der Waals surface area contributed by atoms with E-state index in [9.17, 15) is 4.79 Å². The fraction of sp³-hybridized carbons (Fsp3) is 0.588. The molecule has 0 heterocycles. The lowest BCUT2D eigenvalue weighted by Crippen LogP contribution is -2.37. The molecule has 0 atom stereocenters. The number of amides is 1. The largest absolute Gasteiger partial charge is 0.376 e. The van der Waals surface area contributed by atoms with Gasteiger partial charge in [-0.05, 0) is 24.0 Å². The Morgan fingerprint density at radius 2 is 1.85 bits per heavy atom. The van der Waals surface area contributed by atoms with Crippen LogP contribution < -0.4 is 10.6 Å². The molecular weight excluding hydrogens is 248 g/mol. The summed E-state index contributed by atoms with van der Waals surface area (Å²) in [6.45, 7) is 7.71. The molecule has 0 bridgehead atoms. The Hall–Kier alpha value is -1.51. The van der Waals surface area contributed by atoms with Crippen LogP contribution in [-0.2, 0) is 4.79 Å². The van der Waals surface area contributed by atoms with Gasteiger partial charge in [-0.15, -0.1) is 0 Å². The zero-order valence-corrected chi connectivity index (χ0v) is 13.0. The van der Waals surface area contributed by atoms with Gasteiger partial charge in [-0.25, -0.2) is 0 Å². The van der Waals surface area contributed by atoms with Crippen molar-refractivity contribution in [1.82, 2.24) is 5.32 Å². The second-order valence-electron chi connectivity index (χ2n) is 6.12. The van der Waals surface area contributed by atoms with Crippen LogP contribution in [0.5, 0.6) is 0 Å². The quantitative estimate of drug-likeness (QED) is 0.673. The van der Waals surface area contributed by atoms with Crippen LogP contribution >= 0.6 is 0 Å². The first-order valence-electron chi connectivity index (χ1n) is 7.59. The molecule has 0 radical (unpaired) electrons. The van der Waals surface area contributed by atoms with Gasteiger partial charge in [-0.2, -0.15) is 0 Å². The smallest absolute Gasteiger partial charge is 0.239 e. The Labute approximate surface area is 123 Å². The zero-order chi connectivity index (χ0) is 14.8. The van der Waals surface area contributed by atoms with Gasteiger partial charge >= 0.3 is 0 Å². The molecule has 0 fully saturated rings. The van der Waals surface area contributed by atoms with Gasteiger partial charge < -0.3 is 10.6 Å². The van der Waals surface area contributed by atoms with E-state index in [1.54, 1.807) is 0 Å². The first-order valence-corrected chi connectivity index (χ1v) is 7.59. The highest BCUT2D eigenvalue weighted by atomic mass is 16.1. The Bertz CT molecular complexity index is 387. The number of benzene rings is 1. The summed E-state index contributed by atoms with van der Waals surface area (Å²) in [5, 5.41) is 6.14. The van der Waals surface area contributed by atoms with Gasteiger partial charge in [0.15, 0.2) is 0 Å². The molecule has 1 aromatic carbocycles. The molecule has 0 aromatic heterocycles. The first-order chi connectivity index (χ1) is 9.53. The third-order valence-electron chi connectivity index (χ3n) is 3.45. The van der Waals surface area contributed by atoms with Crippen molar-refractivity contribution in [2.75, 3.05) is 18.4 Å². The second kappa shape index (κ2) is 8.62. The van der Waals surface area contributed by atoms with Crippen LogP contribution in [-0.4, -0.2) is 19.0 Å². The number of carbonyl (C=O) groups is 1. The fourth-order valence-electron chi connectivity index (χ4n) is 2.08. The van der Waals surface area contributed by atoms with Gasteiger partial charge in [0.2, 0.25) is 5.91 Å². The molecular formula is C17H28N2O. The summed E-state index contributed by atoms with van der Waals surface area (Å²) in [7, 11) is 0. The molecule has 0 unspecified atom stereocenters. The predicted octanol–water partition coefficient (Wildman–Crippen LogP) is 3.82. The van der Waals surface area contributed by atoms with Crippen LogP contribution in [0.3, 0.4) is 0 Å². The van der Waals surface area contributed by atoms with E-state index in [1.807, 2.05) is 30.3 Å². The van der Waals surface area contributed by atoms with E-state index in [1.165, 1.54) is 19.3 Å². The van der Waals surface area contributed by atoms with E-state index in [2.05, 4.69) is 31.4 Å². The third-order valence-corrected chi connectivity index (χ3v) is 3.45. The van der Waals surface area contributed by atoms with E-state index >= 15 is 0 Å².